The number of aromatic nitrogens is 3. The molecule has 0 fully saturated rings. The third-order valence-corrected chi connectivity index (χ3v) is 3.69. The number of hydrogen-bond donors (Lipinski definition) is 1. The smallest absolute Gasteiger partial charge is 0.226 e. The quantitative estimate of drug-likeness (QED) is 0.941. The fourth-order valence-corrected chi connectivity index (χ4v) is 2.10. The zero-order valence-electron chi connectivity index (χ0n) is 12.0. The summed E-state index contributed by atoms with van der Waals surface area (Å²) in [4.78, 5) is 11.9. The number of carbonyl (C=O) groups excluding carboxylic acids is 1. The van der Waals surface area contributed by atoms with Gasteiger partial charge in [-0.2, -0.15) is 5.10 Å². The van der Waals surface area contributed by atoms with Crippen molar-refractivity contribution in [3.8, 4) is 0 Å². The van der Waals surface area contributed by atoms with Crippen LogP contribution in [0.5, 0.6) is 0 Å². The maximum Gasteiger partial charge on any atom is 0.226 e. The molecule has 108 valence electrons. The first-order chi connectivity index (χ1) is 9.40. The van der Waals surface area contributed by atoms with Gasteiger partial charge in [-0.1, -0.05) is 16.8 Å². The molecule has 0 aliphatic heterocycles. The monoisotopic (exact) mass is 296 g/mol. The van der Waals surface area contributed by atoms with E-state index in [9.17, 15) is 4.79 Å². The maximum atomic E-state index is 11.9. The van der Waals surface area contributed by atoms with E-state index in [0.717, 1.165) is 11.4 Å². The van der Waals surface area contributed by atoms with E-state index >= 15 is 0 Å². The van der Waals surface area contributed by atoms with Gasteiger partial charge in [-0.05, 0) is 27.7 Å². The highest BCUT2D eigenvalue weighted by atomic mass is 35.5. The van der Waals surface area contributed by atoms with E-state index in [1.807, 2.05) is 13.8 Å². The molecule has 0 atom stereocenters. The van der Waals surface area contributed by atoms with Gasteiger partial charge >= 0.3 is 0 Å². The van der Waals surface area contributed by atoms with E-state index in [0.29, 0.717) is 35.1 Å². The lowest BCUT2D eigenvalue weighted by atomic mass is 10.3. The van der Waals surface area contributed by atoms with Crippen molar-refractivity contribution in [2.24, 2.45) is 0 Å². The second-order valence-electron chi connectivity index (χ2n) is 4.71. The third-order valence-electron chi connectivity index (χ3n) is 3.14. The van der Waals surface area contributed by atoms with Gasteiger partial charge in [0.25, 0.3) is 0 Å². The zero-order valence-corrected chi connectivity index (χ0v) is 12.7. The second-order valence-corrected chi connectivity index (χ2v) is 5.08. The van der Waals surface area contributed by atoms with Crippen molar-refractivity contribution in [3.63, 3.8) is 0 Å². The molecule has 1 amide bonds. The largest absolute Gasteiger partial charge is 0.359 e. The Kier molecular flexibility index (Phi) is 4.13. The van der Waals surface area contributed by atoms with Crippen LogP contribution >= 0.6 is 11.6 Å². The molecule has 0 aliphatic rings. The van der Waals surface area contributed by atoms with Gasteiger partial charge in [0.05, 0.1) is 23.0 Å². The van der Waals surface area contributed by atoms with Crippen LogP contribution in [0.4, 0.5) is 5.69 Å². The fraction of sp³-hybridized carbons (Fsp3) is 0.462. The third kappa shape index (κ3) is 2.85. The first-order valence-electron chi connectivity index (χ1n) is 6.32. The molecule has 20 heavy (non-hydrogen) atoms. The molecule has 2 heterocycles. The second kappa shape index (κ2) is 5.66. The number of anilines is 1. The molecular weight excluding hydrogens is 280 g/mol. The van der Waals surface area contributed by atoms with Gasteiger partial charge in [-0.15, -0.1) is 0 Å². The number of carbonyl (C=O) groups is 1. The van der Waals surface area contributed by atoms with Crippen molar-refractivity contribution in [3.05, 3.63) is 27.9 Å². The van der Waals surface area contributed by atoms with Crippen molar-refractivity contribution in [1.29, 1.82) is 0 Å². The molecule has 2 aromatic heterocycles. The molecule has 2 rings (SSSR count). The number of hydrogen-bond acceptors (Lipinski definition) is 4. The van der Waals surface area contributed by atoms with Gasteiger partial charge in [-0.3, -0.25) is 9.48 Å². The summed E-state index contributed by atoms with van der Waals surface area (Å²) in [6.45, 7) is 7.75. The minimum absolute atomic E-state index is 0.108. The lowest BCUT2D eigenvalue weighted by molar-refractivity contribution is -0.116. The number of amides is 1. The van der Waals surface area contributed by atoms with Crippen LogP contribution < -0.4 is 5.32 Å². The Morgan fingerprint density at radius 1 is 1.30 bits per heavy atom. The van der Waals surface area contributed by atoms with E-state index in [1.54, 1.807) is 18.5 Å². The minimum atomic E-state index is -0.108. The number of nitrogens with zero attached hydrogens (tertiary/aromatic N) is 3. The summed E-state index contributed by atoms with van der Waals surface area (Å²) in [6, 6.07) is 0. The normalized spacial score (nSPS) is 10.8. The van der Waals surface area contributed by atoms with E-state index < -0.39 is 0 Å². The van der Waals surface area contributed by atoms with Crippen molar-refractivity contribution in [2.75, 3.05) is 5.32 Å². The van der Waals surface area contributed by atoms with Crippen molar-refractivity contribution in [1.82, 2.24) is 14.9 Å². The highest BCUT2D eigenvalue weighted by molar-refractivity contribution is 6.31. The predicted molar refractivity (Wildman–Crippen MR) is 75.9 cm³/mol. The standard InChI is InChI=1S/C13H17ClN4O2/c1-7-12(14)9(3)18(16-7)6-5-11(19)15-13-8(2)17-20-10(13)4/h5-6H2,1-4H3,(H,15,19). The Bertz CT molecular complexity index is 626. The summed E-state index contributed by atoms with van der Waals surface area (Å²) in [5.41, 5.74) is 2.95. The number of aryl methyl sites for hydroxylation is 4. The molecule has 0 saturated carbocycles. The molecule has 0 unspecified atom stereocenters. The average Bonchev–Trinajstić information content (AvgIpc) is 2.84. The van der Waals surface area contributed by atoms with Crippen LogP contribution in [0.2, 0.25) is 5.02 Å². The van der Waals surface area contributed by atoms with Crippen LogP contribution in [0.25, 0.3) is 0 Å². The Balaban J connectivity index is 1.97. The van der Waals surface area contributed by atoms with Crippen LogP contribution in [0.3, 0.4) is 0 Å². The van der Waals surface area contributed by atoms with Gasteiger partial charge < -0.3 is 9.84 Å². The molecule has 0 radical (unpaired) electrons. The predicted octanol–water partition coefficient (Wildman–Crippen LogP) is 2.79. The highest BCUT2D eigenvalue weighted by Gasteiger charge is 2.14. The summed E-state index contributed by atoms with van der Waals surface area (Å²) >= 11 is 6.07. The van der Waals surface area contributed by atoms with Crippen LogP contribution in [-0.2, 0) is 11.3 Å². The Labute approximate surface area is 122 Å². The fourth-order valence-electron chi connectivity index (χ4n) is 1.96. The molecule has 7 heteroatoms. The topological polar surface area (TPSA) is 73.0 Å². The molecule has 1 N–H and O–H groups in total. The van der Waals surface area contributed by atoms with E-state index in [2.05, 4.69) is 15.6 Å². The molecule has 0 aromatic carbocycles. The van der Waals surface area contributed by atoms with E-state index in [4.69, 9.17) is 16.1 Å². The van der Waals surface area contributed by atoms with Crippen LogP contribution in [0, 0.1) is 27.7 Å². The first-order valence-corrected chi connectivity index (χ1v) is 6.70. The lowest BCUT2D eigenvalue weighted by Gasteiger charge is -2.06. The van der Waals surface area contributed by atoms with Crippen LogP contribution in [0.1, 0.15) is 29.3 Å². The van der Waals surface area contributed by atoms with Crippen molar-refractivity contribution >= 4 is 23.2 Å². The molecule has 0 bridgehead atoms. The lowest BCUT2D eigenvalue weighted by Crippen LogP contribution is -2.16. The van der Waals surface area contributed by atoms with Gasteiger partial charge in [0.2, 0.25) is 5.91 Å². The maximum absolute atomic E-state index is 11.9. The average molecular weight is 297 g/mol. The molecule has 0 spiro atoms. The van der Waals surface area contributed by atoms with E-state index in [1.165, 1.54) is 0 Å². The Morgan fingerprint density at radius 2 is 2.00 bits per heavy atom. The summed E-state index contributed by atoms with van der Waals surface area (Å²) in [7, 11) is 0. The van der Waals surface area contributed by atoms with Crippen LogP contribution in [0.15, 0.2) is 4.52 Å². The van der Waals surface area contributed by atoms with Crippen LogP contribution in [-0.4, -0.2) is 20.8 Å². The first kappa shape index (κ1) is 14.6. The molecule has 2 aromatic rings. The summed E-state index contributed by atoms with van der Waals surface area (Å²) in [5, 5.41) is 11.5. The van der Waals surface area contributed by atoms with Gasteiger partial charge in [0.15, 0.2) is 5.76 Å². The SMILES string of the molecule is Cc1nn(CCC(=O)Nc2c(C)noc2C)c(C)c1Cl. The molecule has 0 saturated heterocycles. The Hall–Kier alpha value is -1.82. The Morgan fingerprint density at radius 3 is 2.50 bits per heavy atom. The van der Waals surface area contributed by atoms with E-state index in [-0.39, 0.29) is 5.91 Å². The number of rotatable bonds is 4. The molecule has 0 aliphatic carbocycles. The molecular formula is C13H17ClN4O2. The summed E-state index contributed by atoms with van der Waals surface area (Å²) in [5.74, 6) is 0.494. The number of halogens is 1. The van der Waals surface area contributed by atoms with Crippen molar-refractivity contribution in [2.45, 2.75) is 40.7 Å². The van der Waals surface area contributed by atoms with Gasteiger partial charge in [-0.25, -0.2) is 0 Å². The highest BCUT2D eigenvalue weighted by Crippen LogP contribution is 2.20. The summed E-state index contributed by atoms with van der Waals surface area (Å²) in [6.07, 6.45) is 0.308. The van der Waals surface area contributed by atoms with Gasteiger partial charge in [0.1, 0.15) is 11.4 Å². The summed E-state index contributed by atoms with van der Waals surface area (Å²) < 4.78 is 6.74. The van der Waals surface area contributed by atoms with Gasteiger partial charge in [0, 0.05) is 6.42 Å². The number of nitrogens with one attached hydrogen (secondary N) is 1. The van der Waals surface area contributed by atoms with Crippen molar-refractivity contribution < 1.29 is 9.32 Å². The minimum Gasteiger partial charge on any atom is -0.359 e. The molecule has 6 nitrogen and oxygen atoms in total. The zero-order chi connectivity index (χ0) is 14.9.